The summed E-state index contributed by atoms with van der Waals surface area (Å²) in [5.74, 6) is 1.67. The smallest absolute Gasteiger partial charge is 0.123 e. The molecule has 1 atom stereocenters. The minimum absolute atomic E-state index is 0.750. The van der Waals surface area contributed by atoms with E-state index in [4.69, 9.17) is 22.1 Å². The van der Waals surface area contributed by atoms with Crippen molar-refractivity contribution in [1.29, 1.82) is 0 Å². The molecule has 3 nitrogen and oxygen atoms in total. The maximum absolute atomic E-state index is 6.05. The molecule has 0 saturated carbocycles. The van der Waals surface area contributed by atoms with E-state index in [1.54, 1.807) is 7.11 Å². The summed E-state index contributed by atoms with van der Waals surface area (Å²) in [5.41, 5.74) is 6.78. The number of halogens is 1. The Morgan fingerprint density at radius 3 is 3.06 bits per heavy atom. The van der Waals surface area contributed by atoms with Crippen molar-refractivity contribution >= 4 is 11.6 Å². The average molecular weight is 269 g/mol. The highest BCUT2D eigenvalue weighted by atomic mass is 35.5. The molecule has 1 aromatic carbocycles. The SMILES string of the molecule is COc1ccc(Cl)cc1CN1CCC(CCN)C1. The van der Waals surface area contributed by atoms with Gasteiger partial charge in [-0.25, -0.2) is 0 Å². The van der Waals surface area contributed by atoms with E-state index < -0.39 is 0 Å². The topological polar surface area (TPSA) is 38.5 Å². The van der Waals surface area contributed by atoms with Gasteiger partial charge in [0.05, 0.1) is 7.11 Å². The van der Waals surface area contributed by atoms with Gasteiger partial charge in [0.25, 0.3) is 0 Å². The monoisotopic (exact) mass is 268 g/mol. The largest absolute Gasteiger partial charge is 0.496 e. The summed E-state index contributed by atoms with van der Waals surface area (Å²) >= 11 is 6.05. The summed E-state index contributed by atoms with van der Waals surface area (Å²) in [6, 6.07) is 5.80. The number of nitrogens with two attached hydrogens (primary N) is 1. The van der Waals surface area contributed by atoms with Gasteiger partial charge in [0.1, 0.15) is 5.75 Å². The molecule has 1 saturated heterocycles. The lowest BCUT2D eigenvalue weighted by molar-refractivity contribution is 0.306. The van der Waals surface area contributed by atoms with Crippen molar-refractivity contribution in [3.63, 3.8) is 0 Å². The van der Waals surface area contributed by atoms with Gasteiger partial charge in [-0.1, -0.05) is 11.6 Å². The molecule has 0 aromatic heterocycles. The van der Waals surface area contributed by atoms with E-state index in [0.717, 1.165) is 49.3 Å². The lowest BCUT2D eigenvalue weighted by atomic mass is 10.1. The van der Waals surface area contributed by atoms with Crippen molar-refractivity contribution in [3.8, 4) is 5.75 Å². The van der Waals surface area contributed by atoms with Gasteiger partial charge in [-0.15, -0.1) is 0 Å². The van der Waals surface area contributed by atoms with Crippen LogP contribution < -0.4 is 10.5 Å². The van der Waals surface area contributed by atoms with Crippen molar-refractivity contribution in [2.24, 2.45) is 11.7 Å². The lowest BCUT2D eigenvalue weighted by Gasteiger charge is -2.18. The van der Waals surface area contributed by atoms with Crippen LogP contribution in [0, 0.1) is 5.92 Å². The van der Waals surface area contributed by atoms with E-state index in [-0.39, 0.29) is 0 Å². The Morgan fingerprint density at radius 2 is 2.33 bits per heavy atom. The second-order valence-electron chi connectivity index (χ2n) is 4.92. The predicted octanol–water partition coefficient (Wildman–Crippen LogP) is 2.52. The van der Waals surface area contributed by atoms with Gasteiger partial charge >= 0.3 is 0 Å². The Hall–Kier alpha value is -0.770. The second kappa shape index (κ2) is 6.41. The first-order valence-corrected chi connectivity index (χ1v) is 6.85. The number of nitrogens with zero attached hydrogens (tertiary/aromatic N) is 1. The number of hydrogen-bond acceptors (Lipinski definition) is 3. The molecular formula is C14H21ClN2O. The quantitative estimate of drug-likeness (QED) is 0.892. The van der Waals surface area contributed by atoms with Crippen molar-refractivity contribution < 1.29 is 4.74 Å². The van der Waals surface area contributed by atoms with E-state index >= 15 is 0 Å². The van der Waals surface area contributed by atoms with Crippen molar-refractivity contribution in [2.75, 3.05) is 26.7 Å². The zero-order chi connectivity index (χ0) is 13.0. The fraction of sp³-hybridized carbons (Fsp3) is 0.571. The molecule has 100 valence electrons. The van der Waals surface area contributed by atoms with Crippen LogP contribution in [-0.2, 0) is 6.54 Å². The summed E-state index contributed by atoms with van der Waals surface area (Å²) in [7, 11) is 1.70. The van der Waals surface area contributed by atoms with E-state index in [2.05, 4.69) is 4.90 Å². The summed E-state index contributed by atoms with van der Waals surface area (Å²) < 4.78 is 5.38. The van der Waals surface area contributed by atoms with Gasteiger partial charge in [0.15, 0.2) is 0 Å². The average Bonchev–Trinajstić information content (AvgIpc) is 2.77. The standard InChI is InChI=1S/C14H21ClN2O/c1-18-14-3-2-13(15)8-12(14)10-17-7-5-11(9-17)4-6-16/h2-3,8,11H,4-7,9-10,16H2,1H3. The molecule has 1 aromatic rings. The highest BCUT2D eigenvalue weighted by Crippen LogP contribution is 2.27. The number of benzene rings is 1. The molecule has 2 N–H and O–H groups in total. The third-order valence-corrected chi connectivity index (χ3v) is 3.82. The van der Waals surface area contributed by atoms with Crippen LogP contribution in [-0.4, -0.2) is 31.6 Å². The van der Waals surface area contributed by atoms with E-state index in [1.807, 2.05) is 18.2 Å². The molecule has 4 heteroatoms. The maximum Gasteiger partial charge on any atom is 0.123 e. The van der Waals surface area contributed by atoms with Crippen molar-refractivity contribution in [1.82, 2.24) is 4.90 Å². The van der Waals surface area contributed by atoms with Crippen LogP contribution in [0.15, 0.2) is 18.2 Å². The molecule has 0 amide bonds. The zero-order valence-electron chi connectivity index (χ0n) is 10.9. The third-order valence-electron chi connectivity index (χ3n) is 3.58. The molecule has 1 fully saturated rings. The molecule has 0 spiro atoms. The van der Waals surface area contributed by atoms with E-state index in [9.17, 15) is 0 Å². The van der Waals surface area contributed by atoms with Crippen LogP contribution in [0.2, 0.25) is 5.02 Å². The maximum atomic E-state index is 6.05. The molecule has 0 radical (unpaired) electrons. The lowest BCUT2D eigenvalue weighted by Crippen LogP contribution is -2.21. The first-order valence-electron chi connectivity index (χ1n) is 6.47. The van der Waals surface area contributed by atoms with E-state index in [1.165, 1.54) is 12.0 Å². The van der Waals surface area contributed by atoms with Gasteiger partial charge in [-0.2, -0.15) is 0 Å². The van der Waals surface area contributed by atoms with E-state index in [0.29, 0.717) is 0 Å². The molecule has 0 bridgehead atoms. The van der Waals surface area contributed by atoms with Gasteiger partial charge in [-0.3, -0.25) is 4.90 Å². The Kier molecular flexibility index (Phi) is 4.87. The highest BCUT2D eigenvalue weighted by molar-refractivity contribution is 6.30. The van der Waals surface area contributed by atoms with Crippen molar-refractivity contribution in [2.45, 2.75) is 19.4 Å². The first kappa shape index (κ1) is 13.7. The number of ether oxygens (including phenoxy) is 1. The first-order chi connectivity index (χ1) is 8.72. The second-order valence-corrected chi connectivity index (χ2v) is 5.36. The van der Waals surface area contributed by atoms with Gasteiger partial charge in [-0.05, 0) is 50.0 Å². The normalized spacial score (nSPS) is 20.3. The van der Waals surface area contributed by atoms with Crippen LogP contribution in [0.4, 0.5) is 0 Å². The molecule has 1 aliphatic rings. The summed E-state index contributed by atoms with van der Waals surface area (Å²) in [6.45, 7) is 3.97. The van der Waals surface area contributed by atoms with Crippen LogP contribution in [0.3, 0.4) is 0 Å². The Bertz CT molecular complexity index is 397. The number of hydrogen-bond donors (Lipinski definition) is 1. The van der Waals surface area contributed by atoms with Gasteiger partial charge < -0.3 is 10.5 Å². The van der Waals surface area contributed by atoms with Crippen LogP contribution in [0.25, 0.3) is 0 Å². The summed E-state index contributed by atoms with van der Waals surface area (Å²) in [6.07, 6.45) is 2.38. The highest BCUT2D eigenvalue weighted by Gasteiger charge is 2.22. The Balaban J connectivity index is 1.99. The molecule has 1 aliphatic heterocycles. The molecule has 1 heterocycles. The van der Waals surface area contributed by atoms with Crippen LogP contribution in [0.1, 0.15) is 18.4 Å². The fourth-order valence-corrected chi connectivity index (χ4v) is 2.83. The molecular weight excluding hydrogens is 248 g/mol. The Labute approximate surface area is 114 Å². The number of likely N-dealkylation sites (tertiary alicyclic amines) is 1. The number of rotatable bonds is 5. The van der Waals surface area contributed by atoms with Gasteiger partial charge in [0, 0.05) is 23.7 Å². The zero-order valence-corrected chi connectivity index (χ0v) is 11.6. The van der Waals surface area contributed by atoms with Crippen LogP contribution >= 0.6 is 11.6 Å². The summed E-state index contributed by atoms with van der Waals surface area (Å²) in [4.78, 5) is 2.45. The molecule has 18 heavy (non-hydrogen) atoms. The number of methoxy groups -OCH3 is 1. The molecule has 1 unspecified atom stereocenters. The minimum Gasteiger partial charge on any atom is -0.496 e. The fourth-order valence-electron chi connectivity index (χ4n) is 2.64. The van der Waals surface area contributed by atoms with Gasteiger partial charge in [0.2, 0.25) is 0 Å². The third kappa shape index (κ3) is 3.37. The van der Waals surface area contributed by atoms with Crippen molar-refractivity contribution in [3.05, 3.63) is 28.8 Å². The van der Waals surface area contributed by atoms with Crippen LogP contribution in [0.5, 0.6) is 5.75 Å². The molecule has 0 aliphatic carbocycles. The molecule has 2 rings (SSSR count). The summed E-state index contributed by atoms with van der Waals surface area (Å²) in [5, 5.41) is 0.767. The minimum atomic E-state index is 0.750. The predicted molar refractivity (Wildman–Crippen MR) is 75.1 cm³/mol. The Morgan fingerprint density at radius 1 is 1.50 bits per heavy atom.